The van der Waals surface area contributed by atoms with Crippen molar-refractivity contribution in [1.82, 2.24) is 4.98 Å². The van der Waals surface area contributed by atoms with Crippen molar-refractivity contribution in [3.8, 4) is 0 Å². The van der Waals surface area contributed by atoms with Crippen LogP contribution in [-0.4, -0.2) is 17.6 Å². The van der Waals surface area contributed by atoms with E-state index in [0.29, 0.717) is 0 Å². The molecule has 0 saturated carbocycles. The summed E-state index contributed by atoms with van der Waals surface area (Å²) >= 11 is 2.96. The fraction of sp³-hybridized carbons (Fsp3) is 0.400. The van der Waals surface area contributed by atoms with E-state index in [9.17, 15) is 18.0 Å². The largest absolute Gasteiger partial charge is 0.466 e. The van der Waals surface area contributed by atoms with Gasteiger partial charge in [0.05, 0.1) is 18.6 Å². The van der Waals surface area contributed by atoms with Gasteiger partial charge in [-0.25, -0.2) is 13.8 Å². The second kappa shape index (κ2) is 6.00. The van der Waals surface area contributed by atoms with Gasteiger partial charge in [-0.1, -0.05) is 0 Å². The third kappa shape index (κ3) is 3.42. The molecule has 0 N–H and O–H groups in total. The molecule has 0 amide bonds. The van der Waals surface area contributed by atoms with Crippen LogP contribution in [0.3, 0.4) is 0 Å². The summed E-state index contributed by atoms with van der Waals surface area (Å²) in [5, 5.41) is 0. The number of alkyl halides is 2. The van der Waals surface area contributed by atoms with Crippen LogP contribution in [0.25, 0.3) is 0 Å². The second-order valence-corrected chi connectivity index (χ2v) is 3.93. The molecule has 1 heterocycles. The van der Waals surface area contributed by atoms with Gasteiger partial charge in [-0.3, -0.25) is 4.79 Å². The highest BCUT2D eigenvalue weighted by Crippen LogP contribution is 2.30. The van der Waals surface area contributed by atoms with Crippen molar-refractivity contribution in [1.29, 1.82) is 0 Å². The average Bonchev–Trinajstić information content (AvgIpc) is 2.23. The highest BCUT2D eigenvalue weighted by Gasteiger charge is 2.23. The Morgan fingerprint density at radius 1 is 1.59 bits per heavy atom. The molecule has 0 aliphatic carbocycles. The maximum absolute atomic E-state index is 13.2. The first-order chi connectivity index (χ1) is 7.97. The van der Waals surface area contributed by atoms with Gasteiger partial charge >= 0.3 is 5.97 Å². The summed E-state index contributed by atoms with van der Waals surface area (Å²) in [6.07, 6.45) is -2.42. The van der Waals surface area contributed by atoms with Crippen molar-refractivity contribution in [3.05, 3.63) is 27.7 Å². The van der Waals surface area contributed by atoms with Crippen LogP contribution in [0.1, 0.15) is 24.5 Å². The Kier molecular flexibility index (Phi) is 4.92. The number of rotatable bonds is 4. The van der Waals surface area contributed by atoms with Crippen molar-refractivity contribution in [2.45, 2.75) is 19.8 Å². The van der Waals surface area contributed by atoms with E-state index in [0.717, 1.165) is 6.20 Å². The van der Waals surface area contributed by atoms with Gasteiger partial charge in [0.1, 0.15) is 0 Å². The molecule has 94 valence electrons. The predicted octanol–water partition coefficient (Wildman–Crippen LogP) is 3.03. The number of halogens is 4. The smallest absolute Gasteiger partial charge is 0.310 e. The second-order valence-electron chi connectivity index (χ2n) is 3.07. The lowest BCUT2D eigenvalue weighted by Crippen LogP contribution is -2.12. The molecule has 0 bridgehead atoms. The van der Waals surface area contributed by atoms with Gasteiger partial charge < -0.3 is 4.74 Å². The van der Waals surface area contributed by atoms with E-state index in [2.05, 4.69) is 25.7 Å². The molecule has 1 aromatic heterocycles. The third-order valence-electron chi connectivity index (χ3n) is 1.97. The fourth-order valence-electron chi connectivity index (χ4n) is 1.27. The van der Waals surface area contributed by atoms with Crippen LogP contribution in [0.5, 0.6) is 0 Å². The fourth-order valence-corrected chi connectivity index (χ4v) is 1.73. The molecule has 0 saturated heterocycles. The number of ether oxygens (including phenoxy) is 1. The molecule has 3 nitrogen and oxygen atoms in total. The number of hydrogen-bond acceptors (Lipinski definition) is 3. The molecule has 0 atom stereocenters. The van der Waals surface area contributed by atoms with Gasteiger partial charge in [-0.15, -0.1) is 0 Å². The zero-order valence-corrected chi connectivity index (χ0v) is 10.4. The molecule has 0 spiro atoms. The van der Waals surface area contributed by atoms with Crippen LogP contribution in [0, 0.1) is 5.95 Å². The Balaban J connectivity index is 3.12. The predicted molar refractivity (Wildman–Crippen MR) is 57.2 cm³/mol. The van der Waals surface area contributed by atoms with Gasteiger partial charge in [0.25, 0.3) is 6.43 Å². The van der Waals surface area contributed by atoms with E-state index in [1.54, 1.807) is 6.92 Å². The zero-order valence-electron chi connectivity index (χ0n) is 8.84. The number of carbonyl (C=O) groups is 1. The van der Waals surface area contributed by atoms with Gasteiger partial charge in [-0.2, -0.15) is 4.39 Å². The van der Waals surface area contributed by atoms with Crippen LogP contribution in [0.4, 0.5) is 13.2 Å². The molecule has 0 aromatic carbocycles. The van der Waals surface area contributed by atoms with Crippen LogP contribution >= 0.6 is 15.9 Å². The molecule has 0 radical (unpaired) electrons. The molecular weight excluding hydrogens is 303 g/mol. The summed E-state index contributed by atoms with van der Waals surface area (Å²) in [6, 6.07) is 0. The van der Waals surface area contributed by atoms with E-state index in [4.69, 9.17) is 0 Å². The molecule has 0 aliphatic heterocycles. The summed E-state index contributed by atoms with van der Waals surface area (Å²) in [6.45, 7) is 1.72. The van der Waals surface area contributed by atoms with Crippen LogP contribution in [-0.2, 0) is 16.0 Å². The topological polar surface area (TPSA) is 39.2 Å². The number of hydrogen-bond donors (Lipinski definition) is 0. The zero-order chi connectivity index (χ0) is 13.0. The first kappa shape index (κ1) is 14.0. The SMILES string of the molecule is CCOC(=O)Cc1c(Br)cnc(F)c1C(F)F. The van der Waals surface area contributed by atoms with E-state index in [-0.39, 0.29) is 16.6 Å². The standard InChI is InChI=1S/C10H9BrF3NO2/c1-2-17-7(16)3-5-6(11)4-15-10(14)8(5)9(12)13/h4,9H,2-3H2,1H3. The number of pyridine rings is 1. The lowest BCUT2D eigenvalue weighted by atomic mass is 10.1. The van der Waals surface area contributed by atoms with E-state index in [1.165, 1.54) is 0 Å². The Hall–Kier alpha value is -1.11. The van der Waals surface area contributed by atoms with Crippen molar-refractivity contribution >= 4 is 21.9 Å². The number of aromatic nitrogens is 1. The van der Waals surface area contributed by atoms with Gasteiger partial charge in [0.2, 0.25) is 5.95 Å². The van der Waals surface area contributed by atoms with Crippen LogP contribution < -0.4 is 0 Å². The molecule has 0 unspecified atom stereocenters. The Morgan fingerprint density at radius 2 is 2.24 bits per heavy atom. The summed E-state index contributed by atoms with van der Waals surface area (Å²) in [5.74, 6) is -1.97. The lowest BCUT2D eigenvalue weighted by Gasteiger charge is -2.10. The minimum Gasteiger partial charge on any atom is -0.466 e. The number of carbonyl (C=O) groups excluding carboxylic acids is 1. The molecule has 0 aliphatic rings. The van der Waals surface area contributed by atoms with Gasteiger partial charge in [0.15, 0.2) is 0 Å². The normalized spacial score (nSPS) is 10.7. The Morgan fingerprint density at radius 3 is 2.76 bits per heavy atom. The Bertz CT molecular complexity index is 426. The number of nitrogens with zero attached hydrogens (tertiary/aromatic N) is 1. The maximum Gasteiger partial charge on any atom is 0.310 e. The first-order valence-electron chi connectivity index (χ1n) is 4.73. The lowest BCUT2D eigenvalue weighted by molar-refractivity contribution is -0.142. The van der Waals surface area contributed by atoms with Crippen molar-refractivity contribution in [2.24, 2.45) is 0 Å². The summed E-state index contributed by atoms with van der Waals surface area (Å²) < 4.78 is 43.2. The van der Waals surface area contributed by atoms with Crippen LogP contribution in [0.2, 0.25) is 0 Å². The van der Waals surface area contributed by atoms with E-state index >= 15 is 0 Å². The van der Waals surface area contributed by atoms with E-state index in [1.807, 2.05) is 0 Å². The minimum atomic E-state index is -3.04. The molecular formula is C10H9BrF3NO2. The summed E-state index contributed by atoms with van der Waals surface area (Å²) in [4.78, 5) is 14.4. The minimum absolute atomic E-state index is 0.133. The first-order valence-corrected chi connectivity index (χ1v) is 5.53. The number of esters is 1. The van der Waals surface area contributed by atoms with Crippen molar-refractivity contribution in [2.75, 3.05) is 6.61 Å². The van der Waals surface area contributed by atoms with Gasteiger partial charge in [-0.05, 0) is 28.4 Å². The molecule has 1 rings (SSSR count). The highest BCUT2D eigenvalue weighted by molar-refractivity contribution is 9.10. The molecule has 7 heteroatoms. The van der Waals surface area contributed by atoms with Gasteiger partial charge in [0, 0.05) is 10.7 Å². The molecule has 17 heavy (non-hydrogen) atoms. The van der Waals surface area contributed by atoms with E-state index < -0.39 is 30.3 Å². The average molecular weight is 312 g/mol. The summed E-state index contributed by atoms with van der Waals surface area (Å²) in [5.41, 5.74) is -1.00. The molecule has 0 fully saturated rings. The maximum atomic E-state index is 13.2. The van der Waals surface area contributed by atoms with Crippen molar-refractivity contribution < 1.29 is 22.7 Å². The van der Waals surface area contributed by atoms with Crippen molar-refractivity contribution in [3.63, 3.8) is 0 Å². The summed E-state index contributed by atoms with van der Waals surface area (Å²) in [7, 11) is 0. The third-order valence-corrected chi connectivity index (χ3v) is 2.65. The highest BCUT2D eigenvalue weighted by atomic mass is 79.9. The van der Waals surface area contributed by atoms with Crippen LogP contribution in [0.15, 0.2) is 10.7 Å². The quantitative estimate of drug-likeness (QED) is 0.634. The Labute approximate surface area is 104 Å². The monoisotopic (exact) mass is 311 g/mol. The molecule has 1 aromatic rings.